The standard InChI is InChI=1S/C22H25N3OS/c1-15-8-6-9-16(2)19(15)23-20-22(12-4-5-13-22)25(21(24-20)27-3)17-10-7-11-18(26)14-17/h6-11,14,26H,4-5,12-13H2,1-3H3. The quantitative estimate of drug-likeness (QED) is 0.740. The van der Waals surface area contributed by atoms with Crippen LogP contribution in [0.3, 0.4) is 0 Å². The summed E-state index contributed by atoms with van der Waals surface area (Å²) in [4.78, 5) is 12.4. The van der Waals surface area contributed by atoms with Crippen molar-refractivity contribution < 1.29 is 5.11 Å². The summed E-state index contributed by atoms with van der Waals surface area (Å²) in [6.07, 6.45) is 6.44. The molecule has 1 saturated carbocycles. The molecule has 1 fully saturated rings. The highest BCUT2D eigenvalue weighted by atomic mass is 32.2. The van der Waals surface area contributed by atoms with Gasteiger partial charge in [-0.3, -0.25) is 0 Å². The van der Waals surface area contributed by atoms with Crippen LogP contribution in [0, 0.1) is 13.8 Å². The molecule has 140 valence electrons. The van der Waals surface area contributed by atoms with Gasteiger partial charge < -0.3 is 10.0 Å². The number of para-hydroxylation sites is 1. The average Bonchev–Trinajstić information content (AvgIpc) is 3.24. The van der Waals surface area contributed by atoms with Gasteiger partial charge in [0.25, 0.3) is 0 Å². The highest BCUT2D eigenvalue weighted by molar-refractivity contribution is 8.13. The number of aromatic hydroxyl groups is 1. The van der Waals surface area contributed by atoms with Crippen molar-refractivity contribution in [2.75, 3.05) is 11.2 Å². The maximum Gasteiger partial charge on any atom is 0.170 e. The predicted molar refractivity (Wildman–Crippen MR) is 116 cm³/mol. The zero-order valence-electron chi connectivity index (χ0n) is 16.1. The number of thioether (sulfide) groups is 1. The molecular weight excluding hydrogens is 354 g/mol. The first-order valence-electron chi connectivity index (χ1n) is 9.42. The first-order valence-corrected chi connectivity index (χ1v) is 10.6. The zero-order chi connectivity index (χ0) is 19.0. The Kier molecular flexibility index (Phi) is 4.72. The number of rotatable bonds is 2. The third-order valence-corrected chi connectivity index (χ3v) is 6.23. The van der Waals surface area contributed by atoms with Gasteiger partial charge in [0.05, 0.1) is 5.69 Å². The van der Waals surface area contributed by atoms with E-state index in [0.717, 1.165) is 48.1 Å². The summed E-state index contributed by atoms with van der Waals surface area (Å²) >= 11 is 1.64. The van der Waals surface area contributed by atoms with Crippen LogP contribution in [0.2, 0.25) is 0 Å². The van der Waals surface area contributed by atoms with Crippen molar-refractivity contribution in [2.45, 2.75) is 45.1 Å². The summed E-state index contributed by atoms with van der Waals surface area (Å²) in [5, 5.41) is 11.0. The fraction of sp³-hybridized carbons (Fsp3) is 0.364. The second-order valence-electron chi connectivity index (χ2n) is 7.37. The Morgan fingerprint density at radius 1 is 1.07 bits per heavy atom. The minimum atomic E-state index is -0.221. The monoisotopic (exact) mass is 379 g/mol. The van der Waals surface area contributed by atoms with Gasteiger partial charge >= 0.3 is 0 Å². The molecule has 0 unspecified atom stereocenters. The molecule has 2 aromatic rings. The van der Waals surface area contributed by atoms with Gasteiger partial charge in [0.15, 0.2) is 11.0 Å². The molecule has 1 N–H and O–H groups in total. The summed E-state index contributed by atoms with van der Waals surface area (Å²) < 4.78 is 0. The SMILES string of the molecule is CSC1=NC(=Nc2c(C)cccc2C)C2(CCCC2)N1c1cccc(O)c1. The van der Waals surface area contributed by atoms with Crippen LogP contribution in [-0.4, -0.2) is 27.9 Å². The van der Waals surface area contributed by atoms with Crippen LogP contribution in [-0.2, 0) is 0 Å². The summed E-state index contributed by atoms with van der Waals surface area (Å²) in [7, 11) is 0. The van der Waals surface area contributed by atoms with Crippen LogP contribution in [0.1, 0.15) is 36.8 Å². The lowest BCUT2D eigenvalue weighted by Gasteiger charge is -2.36. The third kappa shape index (κ3) is 3.04. The predicted octanol–water partition coefficient (Wildman–Crippen LogP) is 5.59. The number of hydrogen-bond acceptors (Lipinski definition) is 4. The van der Waals surface area contributed by atoms with Crippen molar-refractivity contribution in [1.29, 1.82) is 0 Å². The molecule has 5 heteroatoms. The maximum absolute atomic E-state index is 10.0. The lowest BCUT2D eigenvalue weighted by molar-refractivity contribution is 0.475. The number of aryl methyl sites for hydroxylation is 2. The Balaban J connectivity index is 1.88. The number of amidine groups is 2. The molecule has 4 rings (SSSR count). The average molecular weight is 380 g/mol. The van der Waals surface area contributed by atoms with E-state index in [9.17, 15) is 5.11 Å². The molecule has 0 radical (unpaired) electrons. The minimum absolute atomic E-state index is 0.221. The summed E-state index contributed by atoms with van der Waals surface area (Å²) in [5.74, 6) is 1.19. The number of benzene rings is 2. The molecule has 1 heterocycles. The molecular formula is C22H25N3OS. The highest BCUT2D eigenvalue weighted by Crippen LogP contribution is 2.46. The fourth-order valence-electron chi connectivity index (χ4n) is 4.28. The molecule has 4 nitrogen and oxygen atoms in total. The molecule has 0 saturated heterocycles. The van der Waals surface area contributed by atoms with Crippen LogP contribution in [0.5, 0.6) is 5.75 Å². The maximum atomic E-state index is 10.0. The smallest absolute Gasteiger partial charge is 0.170 e. The second-order valence-corrected chi connectivity index (χ2v) is 8.14. The van der Waals surface area contributed by atoms with Crippen molar-refractivity contribution in [1.82, 2.24) is 0 Å². The first-order chi connectivity index (χ1) is 13.0. The van der Waals surface area contributed by atoms with Crippen molar-refractivity contribution in [3.05, 3.63) is 53.6 Å². The van der Waals surface area contributed by atoms with Gasteiger partial charge in [-0.1, -0.05) is 48.9 Å². The van der Waals surface area contributed by atoms with Gasteiger partial charge in [-0.05, 0) is 56.2 Å². The highest BCUT2D eigenvalue weighted by Gasteiger charge is 2.50. The Morgan fingerprint density at radius 3 is 2.37 bits per heavy atom. The van der Waals surface area contributed by atoms with Gasteiger partial charge in [0.2, 0.25) is 0 Å². The number of anilines is 1. The van der Waals surface area contributed by atoms with Crippen LogP contribution < -0.4 is 4.90 Å². The first kappa shape index (κ1) is 18.1. The Labute approximate surface area is 165 Å². The summed E-state index contributed by atoms with van der Waals surface area (Å²) in [6.45, 7) is 4.21. The van der Waals surface area contributed by atoms with Crippen molar-refractivity contribution in [3.8, 4) is 5.75 Å². The van der Waals surface area contributed by atoms with E-state index >= 15 is 0 Å². The largest absolute Gasteiger partial charge is 0.508 e. The molecule has 0 aromatic heterocycles. The second kappa shape index (κ2) is 7.04. The topological polar surface area (TPSA) is 48.2 Å². The van der Waals surface area contributed by atoms with Gasteiger partial charge in [-0.2, -0.15) is 0 Å². The van der Waals surface area contributed by atoms with Crippen LogP contribution in [0.4, 0.5) is 11.4 Å². The van der Waals surface area contributed by atoms with E-state index < -0.39 is 0 Å². The molecule has 2 aromatic carbocycles. The molecule has 27 heavy (non-hydrogen) atoms. The van der Waals surface area contributed by atoms with Gasteiger partial charge in [0.1, 0.15) is 11.3 Å². The van der Waals surface area contributed by atoms with E-state index in [2.05, 4.69) is 43.2 Å². The molecule has 1 spiro atoms. The van der Waals surface area contributed by atoms with Crippen molar-refractivity contribution >= 4 is 34.1 Å². The minimum Gasteiger partial charge on any atom is -0.508 e. The number of nitrogens with zero attached hydrogens (tertiary/aromatic N) is 3. The Bertz CT molecular complexity index is 909. The lowest BCUT2D eigenvalue weighted by Crippen LogP contribution is -2.49. The summed E-state index contributed by atoms with van der Waals surface area (Å²) in [5.41, 5.74) is 4.14. The Morgan fingerprint density at radius 2 is 1.74 bits per heavy atom. The number of phenolic OH excluding ortho intramolecular Hbond substituents is 1. The molecule has 1 aliphatic heterocycles. The lowest BCUT2D eigenvalue weighted by atomic mass is 9.94. The van der Waals surface area contributed by atoms with Crippen LogP contribution in [0.15, 0.2) is 52.4 Å². The van der Waals surface area contributed by atoms with E-state index in [-0.39, 0.29) is 11.3 Å². The molecule has 0 bridgehead atoms. The fourth-order valence-corrected chi connectivity index (χ4v) is 4.92. The number of hydrogen-bond donors (Lipinski definition) is 1. The van der Waals surface area contributed by atoms with Crippen molar-refractivity contribution in [2.24, 2.45) is 9.98 Å². The molecule has 0 atom stereocenters. The zero-order valence-corrected chi connectivity index (χ0v) is 16.9. The number of aliphatic imine (C=N–C) groups is 2. The van der Waals surface area contributed by atoms with Gasteiger partial charge in [-0.15, -0.1) is 0 Å². The summed E-state index contributed by atoms with van der Waals surface area (Å²) in [6, 6.07) is 13.8. The third-order valence-electron chi connectivity index (χ3n) is 5.60. The van der Waals surface area contributed by atoms with E-state index in [4.69, 9.17) is 9.98 Å². The normalized spacial score (nSPS) is 19.9. The molecule has 1 aliphatic carbocycles. The van der Waals surface area contributed by atoms with Crippen LogP contribution >= 0.6 is 11.8 Å². The van der Waals surface area contributed by atoms with E-state index in [1.807, 2.05) is 18.2 Å². The van der Waals surface area contributed by atoms with E-state index in [1.165, 1.54) is 11.1 Å². The van der Waals surface area contributed by atoms with Crippen LogP contribution in [0.25, 0.3) is 0 Å². The van der Waals surface area contributed by atoms with E-state index in [0.29, 0.717) is 0 Å². The van der Waals surface area contributed by atoms with Crippen molar-refractivity contribution in [3.63, 3.8) is 0 Å². The van der Waals surface area contributed by atoms with Gasteiger partial charge in [-0.25, -0.2) is 9.98 Å². The number of phenols is 1. The molecule has 0 amide bonds. The van der Waals surface area contributed by atoms with E-state index in [1.54, 1.807) is 17.8 Å². The molecule has 2 aliphatic rings. The Hall–Kier alpha value is -2.27. The van der Waals surface area contributed by atoms with Gasteiger partial charge in [0, 0.05) is 11.8 Å².